The molecule has 0 aliphatic carbocycles. The van der Waals surface area contributed by atoms with Gasteiger partial charge in [0.05, 0.1) is 28.0 Å². The first-order valence-electron chi connectivity index (χ1n) is 9.66. The molecule has 0 unspecified atom stereocenters. The molecule has 1 aliphatic heterocycles. The van der Waals surface area contributed by atoms with E-state index in [-0.39, 0.29) is 5.91 Å². The molecular weight excluding hydrogens is 352 g/mol. The van der Waals surface area contributed by atoms with Gasteiger partial charge in [0, 0.05) is 31.3 Å². The molecule has 142 valence electrons. The first-order valence-corrected chi connectivity index (χ1v) is 9.66. The predicted molar refractivity (Wildman–Crippen MR) is 106 cm³/mol. The molecule has 1 aliphatic rings. The van der Waals surface area contributed by atoms with E-state index in [2.05, 4.69) is 15.1 Å². The summed E-state index contributed by atoms with van der Waals surface area (Å²) in [7, 11) is 0. The topological polar surface area (TPSA) is 79.2 Å². The van der Waals surface area contributed by atoms with Gasteiger partial charge in [-0.1, -0.05) is 12.1 Å². The summed E-state index contributed by atoms with van der Waals surface area (Å²) in [5, 5.41) is 4.44. The van der Waals surface area contributed by atoms with Gasteiger partial charge in [-0.25, -0.2) is 14.5 Å². The van der Waals surface area contributed by atoms with Crippen molar-refractivity contribution < 1.29 is 4.79 Å². The summed E-state index contributed by atoms with van der Waals surface area (Å²) in [6.45, 7) is 5.29. The lowest BCUT2D eigenvalue weighted by Crippen LogP contribution is -2.38. The van der Waals surface area contributed by atoms with Crippen molar-refractivity contribution in [2.75, 3.05) is 13.1 Å². The van der Waals surface area contributed by atoms with E-state index in [1.165, 1.54) is 0 Å². The maximum absolute atomic E-state index is 13.1. The Kier molecular flexibility index (Phi) is 3.89. The molecule has 28 heavy (non-hydrogen) atoms. The highest BCUT2D eigenvalue weighted by Crippen LogP contribution is 2.28. The summed E-state index contributed by atoms with van der Waals surface area (Å²) in [6.07, 6.45) is 3.49. The summed E-state index contributed by atoms with van der Waals surface area (Å²) >= 11 is 0. The number of aryl methyl sites for hydroxylation is 2. The number of aromatic nitrogens is 5. The number of fused-ring (bicyclic) bond motifs is 2. The Morgan fingerprint density at radius 3 is 2.75 bits per heavy atom. The second kappa shape index (κ2) is 6.44. The van der Waals surface area contributed by atoms with Gasteiger partial charge in [-0.15, -0.1) is 0 Å². The highest BCUT2D eigenvalue weighted by Gasteiger charge is 2.27. The predicted octanol–water partition coefficient (Wildman–Crippen LogP) is 3.24. The number of amides is 1. The number of carbonyl (C=O) groups excluding carboxylic acids is 1. The molecular formula is C21H22N6O. The van der Waals surface area contributed by atoms with Crippen LogP contribution in [0.4, 0.5) is 0 Å². The van der Waals surface area contributed by atoms with E-state index in [0.29, 0.717) is 11.5 Å². The van der Waals surface area contributed by atoms with Gasteiger partial charge in [-0.3, -0.25) is 4.79 Å². The normalized spacial score (nSPS) is 15.6. The second-order valence-electron chi connectivity index (χ2n) is 7.52. The lowest BCUT2D eigenvalue weighted by Gasteiger charge is -2.31. The molecule has 4 heterocycles. The third-order valence-electron chi connectivity index (χ3n) is 5.65. The number of rotatable bonds is 2. The maximum atomic E-state index is 13.1. The summed E-state index contributed by atoms with van der Waals surface area (Å²) < 4.78 is 1.75. The number of H-pyrrole nitrogens is 1. The molecule has 7 nitrogen and oxygen atoms in total. The van der Waals surface area contributed by atoms with E-state index in [1.807, 2.05) is 49.1 Å². The molecule has 1 amide bonds. The van der Waals surface area contributed by atoms with Crippen molar-refractivity contribution in [2.45, 2.75) is 32.6 Å². The summed E-state index contributed by atoms with van der Waals surface area (Å²) in [5.74, 6) is 1.41. The van der Waals surface area contributed by atoms with E-state index < -0.39 is 0 Å². The quantitative estimate of drug-likeness (QED) is 0.584. The van der Waals surface area contributed by atoms with Gasteiger partial charge in [0.25, 0.3) is 5.91 Å². The number of imidazole rings is 1. The van der Waals surface area contributed by atoms with E-state index in [4.69, 9.17) is 4.98 Å². The minimum atomic E-state index is 0.0307. The molecule has 0 radical (unpaired) electrons. The molecule has 0 bridgehead atoms. The molecule has 3 aromatic heterocycles. The first-order chi connectivity index (χ1) is 13.6. The number of likely N-dealkylation sites (tertiary alicyclic amines) is 1. The number of nitrogens with one attached hydrogen (secondary N) is 1. The minimum Gasteiger partial charge on any atom is -0.342 e. The zero-order valence-electron chi connectivity index (χ0n) is 16.0. The van der Waals surface area contributed by atoms with Crippen LogP contribution in [0.2, 0.25) is 0 Å². The van der Waals surface area contributed by atoms with Gasteiger partial charge >= 0.3 is 0 Å². The molecule has 1 aromatic carbocycles. The van der Waals surface area contributed by atoms with E-state index in [0.717, 1.165) is 59.8 Å². The smallest absolute Gasteiger partial charge is 0.257 e. The highest BCUT2D eigenvalue weighted by atomic mass is 16.2. The van der Waals surface area contributed by atoms with Crippen molar-refractivity contribution in [1.82, 2.24) is 29.5 Å². The van der Waals surface area contributed by atoms with Crippen LogP contribution in [-0.4, -0.2) is 48.5 Å². The number of benzene rings is 1. The van der Waals surface area contributed by atoms with Gasteiger partial charge in [-0.2, -0.15) is 5.10 Å². The molecule has 4 aromatic rings. The van der Waals surface area contributed by atoms with Crippen molar-refractivity contribution in [2.24, 2.45) is 0 Å². The lowest BCUT2D eigenvalue weighted by molar-refractivity contribution is 0.0709. The molecule has 0 saturated carbocycles. The molecule has 1 saturated heterocycles. The number of para-hydroxylation sites is 2. The van der Waals surface area contributed by atoms with Crippen LogP contribution in [0.5, 0.6) is 0 Å². The maximum Gasteiger partial charge on any atom is 0.257 e. The average molecular weight is 374 g/mol. The largest absolute Gasteiger partial charge is 0.342 e. The third-order valence-corrected chi connectivity index (χ3v) is 5.65. The average Bonchev–Trinajstić information content (AvgIpc) is 3.31. The van der Waals surface area contributed by atoms with Crippen LogP contribution in [0.1, 0.15) is 46.3 Å². The van der Waals surface area contributed by atoms with Gasteiger partial charge in [-0.05, 0) is 38.8 Å². The molecule has 0 atom stereocenters. The monoisotopic (exact) mass is 374 g/mol. The van der Waals surface area contributed by atoms with Crippen LogP contribution in [0.25, 0.3) is 16.7 Å². The number of hydrogen-bond donors (Lipinski definition) is 1. The number of piperidine rings is 1. The Morgan fingerprint density at radius 2 is 1.96 bits per heavy atom. The Hall–Kier alpha value is -3.22. The molecule has 0 spiro atoms. The summed E-state index contributed by atoms with van der Waals surface area (Å²) in [5.41, 5.74) is 5.20. The molecule has 1 N–H and O–H groups in total. The summed E-state index contributed by atoms with van der Waals surface area (Å²) in [4.78, 5) is 27.6. The fourth-order valence-electron chi connectivity index (χ4n) is 4.06. The molecule has 5 rings (SSSR count). The van der Waals surface area contributed by atoms with Crippen LogP contribution in [0.3, 0.4) is 0 Å². The van der Waals surface area contributed by atoms with Crippen LogP contribution >= 0.6 is 0 Å². The van der Waals surface area contributed by atoms with E-state index in [9.17, 15) is 4.79 Å². The number of aromatic amines is 1. The summed E-state index contributed by atoms with van der Waals surface area (Å²) in [6, 6.07) is 10.0. The Balaban J connectivity index is 1.33. The van der Waals surface area contributed by atoms with Gasteiger partial charge in [0.2, 0.25) is 0 Å². The second-order valence-corrected chi connectivity index (χ2v) is 7.52. The van der Waals surface area contributed by atoms with Crippen molar-refractivity contribution in [3.05, 3.63) is 59.3 Å². The SMILES string of the molecule is Cc1cc2ncc(C(=O)N3CCC(c4nc5ccccc5[nH]4)CC3)c(C)n2n1. The minimum absolute atomic E-state index is 0.0307. The van der Waals surface area contributed by atoms with Gasteiger partial charge < -0.3 is 9.88 Å². The Morgan fingerprint density at radius 1 is 1.18 bits per heavy atom. The fraction of sp³-hybridized carbons (Fsp3) is 0.333. The van der Waals surface area contributed by atoms with Crippen molar-refractivity contribution in [3.8, 4) is 0 Å². The van der Waals surface area contributed by atoms with Crippen molar-refractivity contribution in [1.29, 1.82) is 0 Å². The van der Waals surface area contributed by atoms with Crippen molar-refractivity contribution >= 4 is 22.6 Å². The number of hydrogen-bond acceptors (Lipinski definition) is 4. The van der Waals surface area contributed by atoms with Crippen LogP contribution in [-0.2, 0) is 0 Å². The molecule has 7 heteroatoms. The number of nitrogens with zero attached hydrogens (tertiary/aromatic N) is 5. The molecule has 1 fully saturated rings. The van der Waals surface area contributed by atoms with Crippen LogP contribution in [0, 0.1) is 13.8 Å². The van der Waals surface area contributed by atoms with Gasteiger partial charge in [0.15, 0.2) is 5.65 Å². The fourth-order valence-corrected chi connectivity index (χ4v) is 4.06. The zero-order valence-corrected chi connectivity index (χ0v) is 16.0. The zero-order chi connectivity index (χ0) is 19.3. The first kappa shape index (κ1) is 16.9. The van der Waals surface area contributed by atoms with E-state index in [1.54, 1.807) is 10.7 Å². The lowest BCUT2D eigenvalue weighted by atomic mass is 9.95. The standard InChI is InChI=1S/C21H22N6O/c1-13-11-19-22-12-16(14(2)27(19)25-13)21(28)26-9-7-15(8-10-26)20-23-17-5-3-4-6-18(17)24-20/h3-6,11-12,15H,7-10H2,1-2H3,(H,23,24). The highest BCUT2D eigenvalue weighted by molar-refractivity contribution is 5.95. The number of carbonyl (C=O) groups is 1. The Bertz CT molecular complexity index is 1150. The van der Waals surface area contributed by atoms with Crippen LogP contribution < -0.4 is 0 Å². The van der Waals surface area contributed by atoms with Gasteiger partial charge in [0.1, 0.15) is 5.82 Å². The third kappa shape index (κ3) is 2.74. The van der Waals surface area contributed by atoms with Crippen LogP contribution in [0.15, 0.2) is 36.5 Å². The van der Waals surface area contributed by atoms with Crippen molar-refractivity contribution in [3.63, 3.8) is 0 Å². The van der Waals surface area contributed by atoms with E-state index >= 15 is 0 Å². The Labute approximate surface area is 162 Å².